The van der Waals surface area contributed by atoms with E-state index in [1.165, 1.54) is 19.2 Å². The van der Waals surface area contributed by atoms with Gasteiger partial charge < -0.3 is 20.1 Å². The Morgan fingerprint density at radius 3 is 2.45 bits per heavy atom. The summed E-state index contributed by atoms with van der Waals surface area (Å²) in [5.41, 5.74) is -0.540. The number of carbonyl (C=O) groups excluding carboxylic acids is 3. The topological polar surface area (TPSA) is 137 Å². The second-order valence-corrected chi connectivity index (χ2v) is 5.54. The molecule has 0 unspecified atom stereocenters. The Hall–Kier alpha value is -4.02. The summed E-state index contributed by atoms with van der Waals surface area (Å²) in [4.78, 5) is 45.1. The summed E-state index contributed by atoms with van der Waals surface area (Å²) in [6.45, 7) is -1.16. The number of nitrogens with one attached hydrogen (secondary N) is 2. The van der Waals surface area contributed by atoms with Gasteiger partial charge in [-0.25, -0.2) is 0 Å². The first-order valence-corrected chi connectivity index (χ1v) is 8.12. The van der Waals surface area contributed by atoms with Crippen LogP contribution in [0.25, 0.3) is 0 Å². The lowest BCUT2D eigenvalue weighted by molar-refractivity contribution is -0.387. The van der Waals surface area contributed by atoms with Gasteiger partial charge in [-0.2, -0.15) is 4.39 Å². The highest BCUT2D eigenvalue weighted by atomic mass is 19.1. The molecule has 29 heavy (non-hydrogen) atoms. The van der Waals surface area contributed by atoms with Crippen molar-refractivity contribution in [3.8, 4) is 5.75 Å². The minimum atomic E-state index is -1.05. The zero-order valence-corrected chi connectivity index (χ0v) is 15.1. The number of nitro groups is 1. The third kappa shape index (κ3) is 6.27. The average molecular weight is 405 g/mol. The summed E-state index contributed by atoms with van der Waals surface area (Å²) >= 11 is 0. The Labute approximate surface area is 163 Å². The van der Waals surface area contributed by atoms with Crippen LogP contribution in [0, 0.1) is 15.9 Å². The Kier molecular flexibility index (Phi) is 7.18. The molecule has 2 rings (SSSR count). The number of hydrogen-bond donors (Lipinski definition) is 2. The Bertz CT molecular complexity index is 932. The number of nitrogens with zero attached hydrogens (tertiary/aromatic N) is 1. The number of halogens is 1. The van der Waals surface area contributed by atoms with Crippen LogP contribution in [0.15, 0.2) is 42.5 Å². The zero-order valence-electron chi connectivity index (χ0n) is 15.1. The Morgan fingerprint density at radius 2 is 1.83 bits per heavy atom. The third-order valence-corrected chi connectivity index (χ3v) is 3.54. The summed E-state index contributed by atoms with van der Waals surface area (Å²) in [7, 11) is 1.48. The molecular weight excluding hydrogens is 389 g/mol. The molecule has 0 radical (unpaired) electrons. The van der Waals surface area contributed by atoms with E-state index >= 15 is 0 Å². The average Bonchev–Trinajstić information content (AvgIpc) is 2.71. The summed E-state index contributed by atoms with van der Waals surface area (Å²) in [5.74, 6) is -2.66. The van der Waals surface area contributed by atoms with Crippen LogP contribution in [0.2, 0.25) is 0 Å². The number of amides is 2. The van der Waals surface area contributed by atoms with Crippen LogP contribution >= 0.6 is 0 Å². The Morgan fingerprint density at radius 1 is 1.14 bits per heavy atom. The van der Waals surface area contributed by atoms with E-state index in [9.17, 15) is 28.9 Å². The molecule has 0 bridgehead atoms. The first kappa shape index (κ1) is 21.3. The van der Waals surface area contributed by atoms with Crippen molar-refractivity contribution < 1.29 is 33.2 Å². The molecule has 10 nitrogen and oxygen atoms in total. The van der Waals surface area contributed by atoms with Gasteiger partial charge in [0.1, 0.15) is 12.3 Å². The number of methoxy groups -OCH3 is 1. The molecule has 2 amide bonds. The maximum absolute atomic E-state index is 13.3. The lowest BCUT2D eigenvalue weighted by Gasteiger charge is -2.08. The van der Waals surface area contributed by atoms with Gasteiger partial charge in [0.25, 0.3) is 11.8 Å². The lowest BCUT2D eigenvalue weighted by Crippen LogP contribution is -2.32. The molecule has 0 atom stereocenters. The number of ether oxygens (including phenoxy) is 2. The largest absolute Gasteiger partial charge is 0.497 e. The maximum Gasteiger partial charge on any atom is 0.325 e. The van der Waals surface area contributed by atoms with Crippen molar-refractivity contribution in [2.24, 2.45) is 0 Å². The highest BCUT2D eigenvalue weighted by Gasteiger charge is 2.16. The van der Waals surface area contributed by atoms with Gasteiger partial charge in [0.05, 0.1) is 12.0 Å². The van der Waals surface area contributed by atoms with E-state index < -0.39 is 47.4 Å². The second kappa shape index (κ2) is 9.78. The molecule has 0 heterocycles. The van der Waals surface area contributed by atoms with E-state index in [1.807, 2.05) is 0 Å². The predicted octanol–water partition coefficient (Wildman–Crippen LogP) is 1.65. The van der Waals surface area contributed by atoms with E-state index in [2.05, 4.69) is 10.6 Å². The lowest BCUT2D eigenvalue weighted by atomic mass is 10.2. The fourth-order valence-electron chi connectivity index (χ4n) is 2.12. The fourth-order valence-corrected chi connectivity index (χ4v) is 2.12. The van der Waals surface area contributed by atoms with E-state index in [4.69, 9.17) is 9.47 Å². The van der Waals surface area contributed by atoms with Crippen molar-refractivity contribution in [1.82, 2.24) is 5.32 Å². The van der Waals surface area contributed by atoms with Crippen LogP contribution in [-0.2, 0) is 14.3 Å². The van der Waals surface area contributed by atoms with Crippen molar-refractivity contribution in [1.29, 1.82) is 0 Å². The minimum Gasteiger partial charge on any atom is -0.497 e. The summed E-state index contributed by atoms with van der Waals surface area (Å²) < 4.78 is 22.9. The number of anilines is 1. The SMILES string of the molecule is COc1ccc(C(=O)NCC(=O)OCC(=O)Nc2ccc(F)c([N+](=O)[O-])c2)cc1. The normalized spacial score (nSPS) is 10.0. The van der Waals surface area contributed by atoms with E-state index in [1.54, 1.807) is 12.1 Å². The van der Waals surface area contributed by atoms with Gasteiger partial charge in [-0.1, -0.05) is 0 Å². The van der Waals surface area contributed by atoms with E-state index in [0.29, 0.717) is 11.3 Å². The number of benzene rings is 2. The molecule has 2 N–H and O–H groups in total. The van der Waals surface area contributed by atoms with Gasteiger partial charge in [-0.3, -0.25) is 24.5 Å². The molecule has 0 aromatic heterocycles. The first-order valence-electron chi connectivity index (χ1n) is 8.12. The smallest absolute Gasteiger partial charge is 0.325 e. The molecule has 152 valence electrons. The van der Waals surface area contributed by atoms with Gasteiger partial charge in [-0.05, 0) is 36.4 Å². The van der Waals surface area contributed by atoms with Crippen LogP contribution < -0.4 is 15.4 Å². The molecule has 0 saturated heterocycles. The number of rotatable bonds is 8. The summed E-state index contributed by atoms with van der Waals surface area (Å²) in [5, 5.41) is 15.2. The molecule has 0 fully saturated rings. The number of esters is 1. The van der Waals surface area contributed by atoms with Crippen LogP contribution in [-0.4, -0.2) is 43.0 Å². The molecular formula is C18H16FN3O7. The van der Waals surface area contributed by atoms with Gasteiger partial charge in [0, 0.05) is 17.3 Å². The number of hydrogen-bond acceptors (Lipinski definition) is 7. The van der Waals surface area contributed by atoms with Crippen molar-refractivity contribution in [2.45, 2.75) is 0 Å². The van der Waals surface area contributed by atoms with Crippen molar-refractivity contribution >= 4 is 29.2 Å². The third-order valence-electron chi connectivity index (χ3n) is 3.54. The molecule has 2 aromatic carbocycles. The van der Waals surface area contributed by atoms with Crippen LogP contribution in [0.4, 0.5) is 15.8 Å². The first-order chi connectivity index (χ1) is 13.8. The van der Waals surface area contributed by atoms with E-state index in [-0.39, 0.29) is 5.69 Å². The molecule has 0 aliphatic heterocycles. The van der Waals surface area contributed by atoms with E-state index in [0.717, 1.165) is 18.2 Å². The monoisotopic (exact) mass is 405 g/mol. The highest BCUT2D eigenvalue weighted by molar-refractivity contribution is 5.96. The van der Waals surface area contributed by atoms with Crippen molar-refractivity contribution in [3.05, 3.63) is 64.0 Å². The Balaban J connectivity index is 1.78. The summed E-state index contributed by atoms with van der Waals surface area (Å²) in [6, 6.07) is 8.97. The molecule has 0 aliphatic carbocycles. The minimum absolute atomic E-state index is 0.0352. The highest BCUT2D eigenvalue weighted by Crippen LogP contribution is 2.21. The fraction of sp³-hybridized carbons (Fsp3) is 0.167. The van der Waals surface area contributed by atoms with Crippen LogP contribution in [0.1, 0.15) is 10.4 Å². The molecule has 0 spiro atoms. The summed E-state index contributed by atoms with van der Waals surface area (Å²) in [6.07, 6.45) is 0. The number of carbonyl (C=O) groups is 3. The quantitative estimate of drug-likeness (QED) is 0.387. The molecule has 11 heteroatoms. The zero-order chi connectivity index (χ0) is 21.4. The van der Waals surface area contributed by atoms with Gasteiger partial charge in [0.15, 0.2) is 6.61 Å². The molecule has 2 aromatic rings. The second-order valence-electron chi connectivity index (χ2n) is 5.54. The van der Waals surface area contributed by atoms with Crippen molar-refractivity contribution in [2.75, 3.05) is 25.6 Å². The van der Waals surface area contributed by atoms with Gasteiger partial charge >= 0.3 is 11.7 Å². The molecule has 0 saturated carbocycles. The van der Waals surface area contributed by atoms with Gasteiger partial charge in [-0.15, -0.1) is 0 Å². The predicted molar refractivity (Wildman–Crippen MR) is 98.0 cm³/mol. The maximum atomic E-state index is 13.3. The van der Waals surface area contributed by atoms with Crippen LogP contribution in [0.5, 0.6) is 5.75 Å². The number of nitro benzene ring substituents is 1. The standard InChI is InChI=1S/C18H16FN3O7/c1-28-13-5-2-11(3-6-13)18(25)20-9-17(24)29-10-16(23)21-12-4-7-14(19)15(8-12)22(26)27/h2-8H,9-10H2,1H3,(H,20,25)(H,21,23). The molecule has 0 aliphatic rings. The van der Waals surface area contributed by atoms with Crippen molar-refractivity contribution in [3.63, 3.8) is 0 Å². The van der Waals surface area contributed by atoms with Gasteiger partial charge in [0.2, 0.25) is 5.82 Å². The van der Waals surface area contributed by atoms with Crippen LogP contribution in [0.3, 0.4) is 0 Å².